The van der Waals surface area contributed by atoms with Crippen LogP contribution in [0.5, 0.6) is 0 Å². The van der Waals surface area contributed by atoms with E-state index in [4.69, 9.17) is 16.3 Å². The van der Waals surface area contributed by atoms with Crippen molar-refractivity contribution in [2.24, 2.45) is 0 Å². The Bertz CT molecular complexity index is 1180. The average Bonchev–Trinajstić information content (AvgIpc) is 3.09. The van der Waals surface area contributed by atoms with E-state index in [0.29, 0.717) is 11.6 Å². The lowest BCUT2D eigenvalue weighted by molar-refractivity contribution is -0.156. The van der Waals surface area contributed by atoms with Gasteiger partial charge in [0.2, 0.25) is 0 Å². The van der Waals surface area contributed by atoms with Crippen LogP contribution in [0.4, 0.5) is 5.69 Å². The van der Waals surface area contributed by atoms with Crippen molar-refractivity contribution in [3.8, 4) is 11.1 Å². The molecular weight excluding hydrogens is 422 g/mol. The van der Waals surface area contributed by atoms with Crippen LogP contribution in [-0.2, 0) is 16.1 Å². The summed E-state index contributed by atoms with van der Waals surface area (Å²) in [5.41, 5.74) is 4.60. The number of carbonyl (C=O) groups is 2. The van der Waals surface area contributed by atoms with Crippen LogP contribution >= 0.6 is 11.6 Å². The number of anilines is 1. The molecule has 3 aromatic rings. The molecule has 4 rings (SSSR count). The Morgan fingerprint density at radius 2 is 1.69 bits per heavy atom. The highest BCUT2D eigenvalue weighted by molar-refractivity contribution is 6.30. The zero-order chi connectivity index (χ0) is 23.0. The number of hydrogen-bond acceptors (Lipinski definition) is 3. The number of rotatable bonds is 4. The van der Waals surface area contributed by atoms with Gasteiger partial charge in [-0.15, -0.1) is 0 Å². The van der Waals surface area contributed by atoms with Crippen LogP contribution in [0, 0.1) is 0 Å². The van der Waals surface area contributed by atoms with Gasteiger partial charge in [0.15, 0.2) is 0 Å². The Morgan fingerprint density at radius 3 is 2.34 bits per heavy atom. The fourth-order valence-electron chi connectivity index (χ4n) is 3.95. The van der Waals surface area contributed by atoms with E-state index >= 15 is 0 Å². The highest BCUT2D eigenvalue weighted by atomic mass is 35.5. The summed E-state index contributed by atoms with van der Waals surface area (Å²) < 4.78 is 5.63. The molecule has 4 nitrogen and oxygen atoms in total. The van der Waals surface area contributed by atoms with Crippen molar-refractivity contribution in [2.75, 3.05) is 4.90 Å². The summed E-state index contributed by atoms with van der Waals surface area (Å²) in [5.74, 6) is -0.777. The number of nitrogens with zero attached hydrogens (tertiary/aromatic N) is 1. The van der Waals surface area contributed by atoms with Crippen molar-refractivity contribution in [3.63, 3.8) is 0 Å². The van der Waals surface area contributed by atoms with E-state index in [2.05, 4.69) is 0 Å². The summed E-state index contributed by atoms with van der Waals surface area (Å²) in [4.78, 5) is 27.6. The van der Waals surface area contributed by atoms with Crippen molar-refractivity contribution in [2.45, 2.75) is 45.8 Å². The fourth-order valence-corrected chi connectivity index (χ4v) is 4.08. The fraction of sp³-hybridized carbons (Fsp3) is 0.259. The molecule has 0 N–H and O–H groups in total. The third kappa shape index (κ3) is 4.42. The zero-order valence-electron chi connectivity index (χ0n) is 18.7. The van der Waals surface area contributed by atoms with Crippen LogP contribution in [0.3, 0.4) is 0 Å². The molecule has 1 unspecified atom stereocenters. The van der Waals surface area contributed by atoms with Crippen molar-refractivity contribution in [1.82, 2.24) is 0 Å². The molecule has 0 aliphatic carbocycles. The van der Waals surface area contributed by atoms with Gasteiger partial charge in [0.25, 0.3) is 5.91 Å². The van der Waals surface area contributed by atoms with Crippen LogP contribution in [0.25, 0.3) is 11.1 Å². The normalized spacial score (nSPS) is 14.3. The Balaban J connectivity index is 1.76. The van der Waals surface area contributed by atoms with Gasteiger partial charge in [-0.2, -0.15) is 0 Å². The van der Waals surface area contributed by atoms with Gasteiger partial charge >= 0.3 is 5.97 Å². The summed E-state index contributed by atoms with van der Waals surface area (Å²) in [6.45, 7) is 7.95. The van der Waals surface area contributed by atoms with Crippen LogP contribution in [-0.4, -0.2) is 17.5 Å². The molecule has 32 heavy (non-hydrogen) atoms. The van der Waals surface area contributed by atoms with Crippen LogP contribution in [0.1, 0.15) is 55.1 Å². The summed E-state index contributed by atoms with van der Waals surface area (Å²) in [5, 5.41) is 0.636. The van der Waals surface area contributed by atoms with Crippen LogP contribution < -0.4 is 4.90 Å². The number of esters is 1. The second kappa shape index (κ2) is 8.44. The van der Waals surface area contributed by atoms with Crippen molar-refractivity contribution in [3.05, 3.63) is 88.4 Å². The molecule has 5 heteroatoms. The highest BCUT2D eigenvalue weighted by Crippen LogP contribution is 2.37. The number of halogens is 1. The maximum absolute atomic E-state index is 13.0. The molecule has 0 fully saturated rings. The first-order valence-electron chi connectivity index (χ1n) is 10.7. The molecule has 164 valence electrons. The van der Waals surface area contributed by atoms with Crippen molar-refractivity contribution in [1.29, 1.82) is 0 Å². The van der Waals surface area contributed by atoms with E-state index in [-0.39, 0.29) is 11.9 Å². The smallest absolute Gasteiger partial charge is 0.313 e. The van der Waals surface area contributed by atoms with Crippen molar-refractivity contribution >= 4 is 29.2 Å². The Hall–Kier alpha value is -3.11. The van der Waals surface area contributed by atoms with Crippen molar-refractivity contribution < 1.29 is 14.3 Å². The topological polar surface area (TPSA) is 46.6 Å². The Morgan fingerprint density at radius 1 is 1.00 bits per heavy atom. The lowest BCUT2D eigenvalue weighted by atomic mass is 9.90. The molecule has 0 radical (unpaired) electrons. The Kier molecular flexibility index (Phi) is 5.83. The first-order valence-corrected chi connectivity index (χ1v) is 11.0. The second-order valence-electron chi connectivity index (χ2n) is 9.08. The SMILES string of the molecule is CC(C(=O)OC(C)(C)C)c1ccc(N2Cc3ccccc3C2=O)cc1-c1ccc(Cl)cc1. The molecule has 1 aliphatic heterocycles. The maximum Gasteiger partial charge on any atom is 0.313 e. The van der Waals surface area contributed by atoms with Gasteiger partial charge in [-0.05, 0) is 80.3 Å². The minimum atomic E-state index is -0.570. The molecule has 1 aliphatic rings. The first-order chi connectivity index (χ1) is 15.1. The van der Waals surface area contributed by atoms with E-state index in [1.54, 1.807) is 4.90 Å². The average molecular weight is 448 g/mol. The second-order valence-corrected chi connectivity index (χ2v) is 9.52. The molecule has 1 amide bonds. The maximum atomic E-state index is 13.0. The van der Waals surface area contributed by atoms with Gasteiger partial charge in [0, 0.05) is 16.3 Å². The quantitative estimate of drug-likeness (QED) is 0.422. The van der Waals surface area contributed by atoms with E-state index in [9.17, 15) is 9.59 Å². The van der Waals surface area contributed by atoms with Gasteiger partial charge in [-0.1, -0.05) is 48.0 Å². The van der Waals surface area contributed by atoms with Gasteiger partial charge in [-0.25, -0.2) is 0 Å². The van der Waals surface area contributed by atoms with E-state index in [0.717, 1.165) is 33.5 Å². The summed E-state index contributed by atoms with van der Waals surface area (Å²) in [7, 11) is 0. The number of carbonyl (C=O) groups excluding carboxylic acids is 2. The summed E-state index contributed by atoms with van der Waals surface area (Å²) in [6.07, 6.45) is 0. The third-order valence-electron chi connectivity index (χ3n) is 5.55. The summed E-state index contributed by atoms with van der Waals surface area (Å²) >= 11 is 6.10. The monoisotopic (exact) mass is 447 g/mol. The molecule has 0 bridgehead atoms. The molecule has 0 aromatic heterocycles. The lowest BCUT2D eigenvalue weighted by Crippen LogP contribution is -2.27. The molecular formula is C27H26ClNO3. The standard InChI is InChI=1S/C27H26ClNO3/c1-17(26(31)32-27(2,3)4)22-14-13-21(15-24(22)18-9-11-20(28)12-10-18)29-16-19-7-5-6-8-23(19)25(29)30/h5-15,17H,16H2,1-4H3. The minimum absolute atomic E-state index is 0.0180. The number of amides is 1. The minimum Gasteiger partial charge on any atom is -0.460 e. The number of hydrogen-bond donors (Lipinski definition) is 0. The van der Waals surface area contributed by atoms with Gasteiger partial charge < -0.3 is 9.64 Å². The third-order valence-corrected chi connectivity index (χ3v) is 5.80. The first kappa shape index (κ1) is 22.1. The zero-order valence-corrected chi connectivity index (χ0v) is 19.4. The number of fused-ring (bicyclic) bond motifs is 1. The van der Waals surface area contributed by atoms with Gasteiger partial charge in [0.1, 0.15) is 5.60 Å². The number of ether oxygens (including phenoxy) is 1. The number of benzene rings is 3. The van der Waals surface area contributed by atoms with E-state index < -0.39 is 11.5 Å². The molecule has 1 heterocycles. The van der Waals surface area contributed by atoms with Gasteiger partial charge in [-0.3, -0.25) is 9.59 Å². The highest BCUT2D eigenvalue weighted by Gasteiger charge is 2.30. The molecule has 0 spiro atoms. The molecule has 3 aromatic carbocycles. The van der Waals surface area contributed by atoms with E-state index in [1.165, 1.54) is 0 Å². The lowest BCUT2D eigenvalue weighted by Gasteiger charge is -2.25. The van der Waals surface area contributed by atoms with Crippen LogP contribution in [0.15, 0.2) is 66.7 Å². The van der Waals surface area contributed by atoms with E-state index in [1.807, 2.05) is 94.4 Å². The molecule has 1 atom stereocenters. The predicted octanol–water partition coefficient (Wildman–Crippen LogP) is 6.61. The predicted molar refractivity (Wildman–Crippen MR) is 128 cm³/mol. The summed E-state index contributed by atoms with van der Waals surface area (Å²) in [6, 6.07) is 21.0. The molecule has 0 saturated carbocycles. The largest absolute Gasteiger partial charge is 0.460 e. The molecule has 0 saturated heterocycles. The van der Waals surface area contributed by atoms with Crippen LogP contribution in [0.2, 0.25) is 5.02 Å². The van der Waals surface area contributed by atoms with Gasteiger partial charge in [0.05, 0.1) is 12.5 Å². The Labute approximate surface area is 193 Å².